The van der Waals surface area contributed by atoms with E-state index in [9.17, 15) is 0 Å². The van der Waals surface area contributed by atoms with Gasteiger partial charge in [0.15, 0.2) is 0 Å². The minimum Gasteiger partial charge on any atom is -0.308 e. The normalized spacial score (nSPS) is 18.7. The summed E-state index contributed by atoms with van der Waals surface area (Å²) in [7, 11) is 2.26. The van der Waals surface area contributed by atoms with Gasteiger partial charge in [0.25, 0.3) is 0 Å². The molecule has 2 rings (SSSR count). The van der Waals surface area contributed by atoms with Crippen LogP contribution >= 0.6 is 11.3 Å². The monoisotopic (exact) mass is 267 g/mol. The Hall–Kier alpha value is -0.450. The fourth-order valence-electron chi connectivity index (χ4n) is 2.80. The molecular weight excluding hydrogens is 242 g/mol. The molecular formula is C14H25N3S. The molecule has 1 aliphatic rings. The highest BCUT2D eigenvalue weighted by molar-refractivity contribution is 7.09. The van der Waals surface area contributed by atoms with E-state index in [1.807, 2.05) is 5.51 Å². The maximum atomic E-state index is 4.31. The largest absolute Gasteiger partial charge is 0.308 e. The smallest absolute Gasteiger partial charge is 0.0798 e. The zero-order valence-corrected chi connectivity index (χ0v) is 12.6. The van der Waals surface area contributed by atoms with Gasteiger partial charge in [0.05, 0.1) is 11.2 Å². The van der Waals surface area contributed by atoms with Crippen molar-refractivity contribution < 1.29 is 0 Å². The lowest BCUT2D eigenvalue weighted by atomic mass is 10.2. The number of rotatable bonds is 6. The van der Waals surface area contributed by atoms with Crippen molar-refractivity contribution in [2.24, 2.45) is 0 Å². The second kappa shape index (κ2) is 6.64. The van der Waals surface area contributed by atoms with E-state index in [0.29, 0.717) is 6.04 Å². The fourth-order valence-corrected chi connectivity index (χ4v) is 3.64. The van der Waals surface area contributed by atoms with Gasteiger partial charge in [0.1, 0.15) is 0 Å². The van der Waals surface area contributed by atoms with Crippen LogP contribution in [0, 0.1) is 6.92 Å². The number of hydrogen-bond donors (Lipinski definition) is 1. The van der Waals surface area contributed by atoms with Crippen LogP contribution in [0.4, 0.5) is 0 Å². The lowest BCUT2D eigenvalue weighted by Gasteiger charge is -2.24. The summed E-state index contributed by atoms with van der Waals surface area (Å²) in [5.74, 6) is 0. The molecule has 3 nitrogen and oxygen atoms in total. The maximum Gasteiger partial charge on any atom is 0.0798 e. The van der Waals surface area contributed by atoms with E-state index in [2.05, 4.69) is 36.1 Å². The molecule has 1 aromatic rings. The molecule has 0 aromatic carbocycles. The van der Waals surface area contributed by atoms with Crippen molar-refractivity contribution in [2.45, 2.75) is 51.6 Å². The Morgan fingerprint density at radius 1 is 1.50 bits per heavy atom. The van der Waals surface area contributed by atoms with Crippen molar-refractivity contribution in [1.29, 1.82) is 0 Å². The summed E-state index contributed by atoms with van der Waals surface area (Å²) in [5, 5.41) is 3.61. The molecule has 102 valence electrons. The van der Waals surface area contributed by atoms with Crippen LogP contribution < -0.4 is 5.32 Å². The maximum absolute atomic E-state index is 4.31. The van der Waals surface area contributed by atoms with Gasteiger partial charge in [0, 0.05) is 30.1 Å². The average molecular weight is 267 g/mol. The second-order valence-corrected chi connectivity index (χ2v) is 6.28. The molecule has 1 aliphatic carbocycles. The zero-order chi connectivity index (χ0) is 13.0. The summed E-state index contributed by atoms with van der Waals surface area (Å²) < 4.78 is 0. The highest BCUT2D eigenvalue weighted by Crippen LogP contribution is 2.23. The third-order valence-electron chi connectivity index (χ3n) is 4.04. The van der Waals surface area contributed by atoms with E-state index < -0.39 is 0 Å². The molecule has 1 N–H and O–H groups in total. The van der Waals surface area contributed by atoms with Gasteiger partial charge in [-0.2, -0.15) is 0 Å². The number of aromatic nitrogens is 1. The minimum atomic E-state index is 0.425. The molecule has 0 spiro atoms. The molecule has 0 aliphatic heterocycles. The molecule has 1 saturated carbocycles. The van der Waals surface area contributed by atoms with E-state index in [4.69, 9.17) is 0 Å². The van der Waals surface area contributed by atoms with E-state index in [1.54, 1.807) is 11.3 Å². The van der Waals surface area contributed by atoms with Crippen LogP contribution in [0.25, 0.3) is 0 Å². The average Bonchev–Trinajstić information content (AvgIpc) is 2.99. The fraction of sp³-hybridized carbons (Fsp3) is 0.786. The van der Waals surface area contributed by atoms with Crippen LogP contribution in [0.3, 0.4) is 0 Å². The summed E-state index contributed by atoms with van der Waals surface area (Å²) in [6, 6.07) is 1.25. The predicted octanol–water partition coefficient (Wildman–Crippen LogP) is 2.98. The first-order valence-corrected chi connectivity index (χ1v) is 7.90. The highest BCUT2D eigenvalue weighted by Gasteiger charge is 2.19. The van der Waals surface area contributed by atoms with Crippen LogP contribution in [-0.4, -0.2) is 36.1 Å². The predicted molar refractivity (Wildman–Crippen MR) is 78.2 cm³/mol. The molecule has 4 heteroatoms. The lowest BCUT2D eigenvalue weighted by Crippen LogP contribution is -2.36. The van der Waals surface area contributed by atoms with Gasteiger partial charge in [-0.1, -0.05) is 12.8 Å². The third-order valence-corrected chi connectivity index (χ3v) is 5.15. The molecule has 1 fully saturated rings. The summed E-state index contributed by atoms with van der Waals surface area (Å²) in [5.41, 5.74) is 3.11. The topological polar surface area (TPSA) is 28.2 Å². The number of nitrogens with zero attached hydrogens (tertiary/aromatic N) is 2. The summed E-state index contributed by atoms with van der Waals surface area (Å²) >= 11 is 1.75. The van der Waals surface area contributed by atoms with Gasteiger partial charge >= 0.3 is 0 Å². The highest BCUT2D eigenvalue weighted by atomic mass is 32.1. The van der Waals surface area contributed by atoms with E-state index in [-0.39, 0.29) is 0 Å². The van der Waals surface area contributed by atoms with Crippen LogP contribution in [0.5, 0.6) is 0 Å². The molecule has 0 saturated heterocycles. The minimum absolute atomic E-state index is 0.425. The Labute approximate surface area is 115 Å². The SMILES string of the molecule is Cc1ncsc1C(C)NCCN(C)C1CCCC1. The molecule has 1 unspecified atom stereocenters. The number of aryl methyl sites for hydroxylation is 1. The number of thiazole rings is 1. The first-order valence-electron chi connectivity index (χ1n) is 7.02. The Bertz CT molecular complexity index is 358. The third kappa shape index (κ3) is 3.53. The first-order chi connectivity index (χ1) is 8.68. The lowest BCUT2D eigenvalue weighted by molar-refractivity contribution is 0.243. The van der Waals surface area contributed by atoms with Crippen LogP contribution in [-0.2, 0) is 0 Å². The van der Waals surface area contributed by atoms with Gasteiger partial charge in [-0.25, -0.2) is 4.98 Å². The summed E-state index contributed by atoms with van der Waals surface area (Å²) in [6.45, 7) is 6.53. The van der Waals surface area contributed by atoms with Gasteiger partial charge in [-0.05, 0) is 33.7 Å². The molecule has 1 heterocycles. The van der Waals surface area contributed by atoms with Crippen molar-refractivity contribution in [2.75, 3.05) is 20.1 Å². The first kappa shape index (κ1) is 14.0. The van der Waals surface area contributed by atoms with Gasteiger partial charge in [0.2, 0.25) is 0 Å². The Kier molecular flexibility index (Phi) is 5.15. The van der Waals surface area contributed by atoms with Gasteiger partial charge in [-0.3, -0.25) is 0 Å². The van der Waals surface area contributed by atoms with E-state index in [0.717, 1.165) is 19.1 Å². The van der Waals surface area contributed by atoms with Crippen molar-refractivity contribution in [3.05, 3.63) is 16.1 Å². The Balaban J connectivity index is 1.70. The zero-order valence-electron chi connectivity index (χ0n) is 11.8. The number of hydrogen-bond acceptors (Lipinski definition) is 4. The van der Waals surface area contributed by atoms with E-state index >= 15 is 0 Å². The van der Waals surface area contributed by atoms with E-state index in [1.165, 1.54) is 36.3 Å². The molecule has 0 radical (unpaired) electrons. The van der Waals surface area contributed by atoms with Crippen molar-refractivity contribution in [3.8, 4) is 0 Å². The Morgan fingerprint density at radius 2 is 2.22 bits per heavy atom. The summed E-state index contributed by atoms with van der Waals surface area (Å²) in [6.07, 6.45) is 5.61. The van der Waals surface area contributed by atoms with Crippen molar-refractivity contribution in [3.63, 3.8) is 0 Å². The van der Waals surface area contributed by atoms with Crippen LogP contribution in [0.15, 0.2) is 5.51 Å². The van der Waals surface area contributed by atoms with Crippen LogP contribution in [0.1, 0.15) is 49.2 Å². The number of likely N-dealkylation sites (N-methyl/N-ethyl adjacent to an activating group) is 1. The quantitative estimate of drug-likeness (QED) is 0.859. The second-order valence-electron chi connectivity index (χ2n) is 5.40. The molecule has 1 aromatic heterocycles. The standard InChI is InChI=1S/C14H25N3S/c1-11(14-12(2)16-10-18-14)15-8-9-17(3)13-6-4-5-7-13/h10-11,13,15H,4-9H2,1-3H3. The summed E-state index contributed by atoms with van der Waals surface area (Å²) in [4.78, 5) is 8.21. The van der Waals surface area contributed by atoms with Crippen LogP contribution in [0.2, 0.25) is 0 Å². The molecule has 18 heavy (non-hydrogen) atoms. The molecule has 0 bridgehead atoms. The van der Waals surface area contributed by atoms with Crippen molar-refractivity contribution in [1.82, 2.24) is 15.2 Å². The number of nitrogens with one attached hydrogen (secondary N) is 1. The molecule has 0 amide bonds. The van der Waals surface area contributed by atoms with Crippen molar-refractivity contribution >= 4 is 11.3 Å². The van der Waals surface area contributed by atoms with Gasteiger partial charge in [-0.15, -0.1) is 11.3 Å². The Morgan fingerprint density at radius 3 is 2.83 bits per heavy atom. The molecule has 1 atom stereocenters. The van der Waals surface area contributed by atoms with Gasteiger partial charge < -0.3 is 10.2 Å².